The summed E-state index contributed by atoms with van der Waals surface area (Å²) in [6.45, 7) is 0.822. The second kappa shape index (κ2) is 7.00. The minimum Gasteiger partial charge on any atom is -0.392 e. The lowest BCUT2D eigenvalue weighted by atomic mass is 10.2. The zero-order chi connectivity index (χ0) is 17.2. The molecule has 24 heavy (non-hydrogen) atoms. The second-order valence-corrected chi connectivity index (χ2v) is 7.50. The van der Waals surface area contributed by atoms with Crippen molar-refractivity contribution >= 4 is 28.0 Å². The lowest BCUT2D eigenvalue weighted by molar-refractivity contribution is 0.167. The monoisotopic (exact) mass is 349 g/mol. The highest BCUT2D eigenvalue weighted by atomic mass is 32.3. The maximum atomic E-state index is 10.9. The van der Waals surface area contributed by atoms with E-state index >= 15 is 0 Å². The van der Waals surface area contributed by atoms with Crippen LogP contribution < -0.4 is 13.9 Å². The summed E-state index contributed by atoms with van der Waals surface area (Å²) in [5.41, 5.74) is 2.24. The molecule has 0 bridgehead atoms. The van der Waals surface area contributed by atoms with Crippen LogP contribution in [-0.4, -0.2) is 40.5 Å². The van der Waals surface area contributed by atoms with Crippen LogP contribution in [0.1, 0.15) is 6.42 Å². The van der Waals surface area contributed by atoms with Gasteiger partial charge in [0.05, 0.1) is 23.2 Å². The molecular formula is C17H23N3O3S. The first-order valence-corrected chi connectivity index (χ1v) is 9.34. The highest BCUT2D eigenvalue weighted by molar-refractivity contribution is 8.27. The van der Waals surface area contributed by atoms with E-state index in [0.717, 1.165) is 17.1 Å². The van der Waals surface area contributed by atoms with E-state index in [1.807, 2.05) is 54.6 Å². The summed E-state index contributed by atoms with van der Waals surface area (Å²) in [5.74, 6) is 0. The first-order valence-electron chi connectivity index (χ1n) is 7.88. The van der Waals surface area contributed by atoms with Gasteiger partial charge in [-0.25, -0.2) is 4.31 Å². The van der Waals surface area contributed by atoms with E-state index in [9.17, 15) is 14.2 Å². The summed E-state index contributed by atoms with van der Waals surface area (Å²) in [6.07, 6.45) is -0.101. The number of hydrogen-bond acceptors (Lipinski definition) is 6. The van der Waals surface area contributed by atoms with Crippen LogP contribution in [0.15, 0.2) is 54.6 Å². The minimum atomic E-state index is -3.22. The Morgan fingerprint density at radius 1 is 1.00 bits per heavy atom. The smallest absolute Gasteiger partial charge is 0.0896 e. The Balaban J connectivity index is 1.93. The largest absolute Gasteiger partial charge is 0.392 e. The fourth-order valence-corrected chi connectivity index (χ4v) is 4.69. The van der Waals surface area contributed by atoms with Gasteiger partial charge in [0.2, 0.25) is 0 Å². The summed E-state index contributed by atoms with van der Waals surface area (Å²) < 4.78 is 25.0. The summed E-state index contributed by atoms with van der Waals surface area (Å²) >= 11 is 0. The second-order valence-electron chi connectivity index (χ2n) is 5.71. The van der Waals surface area contributed by atoms with Crippen molar-refractivity contribution in [3.63, 3.8) is 0 Å². The van der Waals surface area contributed by atoms with E-state index in [2.05, 4.69) is 5.32 Å². The van der Waals surface area contributed by atoms with Crippen LogP contribution in [0.2, 0.25) is 0 Å². The van der Waals surface area contributed by atoms with E-state index in [1.54, 1.807) is 15.7 Å². The average molecular weight is 349 g/mol. The zero-order valence-corrected chi connectivity index (χ0v) is 14.4. The first kappa shape index (κ1) is 17.1. The Morgan fingerprint density at radius 3 is 2.29 bits per heavy atom. The van der Waals surface area contributed by atoms with Crippen LogP contribution in [0.3, 0.4) is 0 Å². The summed E-state index contributed by atoms with van der Waals surface area (Å²) in [5, 5.41) is 12.9. The molecule has 0 saturated heterocycles. The van der Waals surface area contributed by atoms with E-state index in [0.29, 0.717) is 19.5 Å². The number of nitrogens with zero attached hydrogens (tertiary/aromatic N) is 2. The van der Waals surface area contributed by atoms with Gasteiger partial charge in [-0.2, -0.15) is 0 Å². The number of benzene rings is 2. The molecule has 0 fully saturated rings. The molecule has 4 N–H and O–H groups in total. The van der Waals surface area contributed by atoms with Gasteiger partial charge >= 0.3 is 0 Å². The Morgan fingerprint density at radius 2 is 1.62 bits per heavy atom. The maximum Gasteiger partial charge on any atom is 0.0896 e. The van der Waals surface area contributed by atoms with Gasteiger partial charge in [-0.1, -0.05) is 30.3 Å². The zero-order valence-electron chi connectivity index (χ0n) is 13.5. The molecule has 130 valence electrons. The van der Waals surface area contributed by atoms with Crippen molar-refractivity contribution in [1.29, 1.82) is 0 Å². The molecule has 3 rings (SSSR count). The number of aliphatic hydroxyl groups is 1. The molecule has 1 aliphatic heterocycles. The van der Waals surface area contributed by atoms with E-state index in [4.69, 9.17) is 0 Å². The van der Waals surface area contributed by atoms with E-state index < -0.39 is 17.1 Å². The van der Waals surface area contributed by atoms with Gasteiger partial charge in [0.25, 0.3) is 0 Å². The van der Waals surface area contributed by atoms with Gasteiger partial charge in [0, 0.05) is 13.1 Å². The third kappa shape index (κ3) is 3.09. The van der Waals surface area contributed by atoms with E-state index in [1.165, 1.54) is 0 Å². The molecule has 0 aromatic heterocycles. The third-order valence-electron chi connectivity index (χ3n) is 4.01. The van der Waals surface area contributed by atoms with Crippen LogP contribution in [-0.2, 0) is 0 Å². The van der Waals surface area contributed by atoms with Crippen LogP contribution in [0.4, 0.5) is 17.1 Å². The molecule has 0 aliphatic carbocycles. The van der Waals surface area contributed by atoms with Crippen LogP contribution in [0, 0.1) is 0 Å². The maximum absolute atomic E-state index is 10.9. The standard InChI is InChI=1S/C17H23N3O3S/c1-18-13-15(21)11-12-19-16-9-5-6-10-17(16)20(24(19,22)23)14-7-3-2-4-8-14/h2-10,15,18,21-23H,11-13H2,1H3/t15-/m0/s1. The van der Waals surface area contributed by atoms with Gasteiger partial charge in [-0.15, -0.1) is 0 Å². The van der Waals surface area contributed by atoms with Crippen LogP contribution >= 0.6 is 11.0 Å². The lowest BCUT2D eigenvalue weighted by Gasteiger charge is -2.44. The SMILES string of the molecule is CNC[C@@H](O)CCN1c2ccccc2N(c2ccccc2)S1(O)O. The highest BCUT2D eigenvalue weighted by Gasteiger charge is 2.41. The molecule has 1 aliphatic rings. The number of fused-ring (bicyclic) bond motifs is 1. The molecular weight excluding hydrogens is 326 g/mol. The van der Waals surface area contributed by atoms with Gasteiger partial charge < -0.3 is 10.4 Å². The summed E-state index contributed by atoms with van der Waals surface area (Å²) in [6, 6.07) is 16.8. The molecule has 0 spiro atoms. The van der Waals surface area contributed by atoms with Gasteiger partial charge in [-0.05, 0) is 48.7 Å². The molecule has 1 atom stereocenters. The predicted octanol–water partition coefficient (Wildman–Crippen LogP) is 3.20. The van der Waals surface area contributed by atoms with Gasteiger partial charge in [0.1, 0.15) is 0 Å². The number of anilines is 3. The molecule has 0 radical (unpaired) electrons. The molecule has 7 heteroatoms. The minimum absolute atomic E-state index is 0.353. The van der Waals surface area contributed by atoms with Gasteiger partial charge in [0.15, 0.2) is 0 Å². The van der Waals surface area contributed by atoms with Crippen LogP contribution in [0.5, 0.6) is 0 Å². The third-order valence-corrected chi connectivity index (χ3v) is 5.87. The predicted molar refractivity (Wildman–Crippen MR) is 99.8 cm³/mol. The molecule has 1 heterocycles. The van der Waals surface area contributed by atoms with Crippen molar-refractivity contribution < 1.29 is 14.2 Å². The molecule has 2 aromatic carbocycles. The van der Waals surface area contributed by atoms with E-state index in [-0.39, 0.29) is 0 Å². The fraction of sp³-hybridized carbons (Fsp3) is 0.294. The number of nitrogens with one attached hydrogen (secondary N) is 1. The fourth-order valence-electron chi connectivity index (χ4n) is 2.90. The average Bonchev–Trinajstić information content (AvgIpc) is 2.80. The first-order chi connectivity index (χ1) is 11.6. The Labute approximate surface area is 144 Å². The van der Waals surface area contributed by atoms with Gasteiger partial charge in [-0.3, -0.25) is 13.4 Å². The number of rotatable bonds is 6. The Bertz CT molecular complexity index is 684. The summed E-state index contributed by atoms with van der Waals surface area (Å²) in [7, 11) is -1.44. The van der Waals surface area contributed by atoms with Crippen molar-refractivity contribution in [3.05, 3.63) is 54.6 Å². The molecule has 0 saturated carbocycles. The quantitative estimate of drug-likeness (QED) is 0.641. The topological polar surface area (TPSA) is 79.2 Å². The molecule has 0 unspecified atom stereocenters. The number of likely N-dealkylation sites (N-methyl/N-ethyl adjacent to an activating group) is 1. The van der Waals surface area contributed by atoms with Crippen molar-refractivity contribution in [3.8, 4) is 0 Å². The Kier molecular flexibility index (Phi) is 4.98. The normalized spacial score (nSPS) is 18.3. The highest BCUT2D eigenvalue weighted by Crippen LogP contribution is 2.63. The van der Waals surface area contributed by atoms with Crippen molar-refractivity contribution in [2.24, 2.45) is 0 Å². The van der Waals surface area contributed by atoms with Crippen LogP contribution in [0.25, 0.3) is 0 Å². The Hall–Kier alpha value is -1.77. The lowest BCUT2D eigenvalue weighted by Crippen LogP contribution is -2.34. The number of aliphatic hydroxyl groups excluding tert-OH is 1. The van der Waals surface area contributed by atoms with Crippen molar-refractivity contribution in [2.75, 3.05) is 28.7 Å². The number of hydrogen-bond donors (Lipinski definition) is 4. The van der Waals surface area contributed by atoms with Crippen molar-refractivity contribution in [2.45, 2.75) is 12.5 Å². The van der Waals surface area contributed by atoms with Crippen molar-refractivity contribution in [1.82, 2.24) is 5.32 Å². The molecule has 0 amide bonds. The molecule has 6 nitrogen and oxygen atoms in total. The summed E-state index contributed by atoms with van der Waals surface area (Å²) in [4.78, 5) is 0. The number of para-hydroxylation sites is 3. The molecule has 2 aromatic rings.